The lowest BCUT2D eigenvalue weighted by Gasteiger charge is -2.12. The number of rotatable bonds is 5. The van der Waals surface area contributed by atoms with Crippen molar-refractivity contribution in [1.82, 2.24) is 15.3 Å². The molecule has 1 atom stereocenters. The van der Waals surface area contributed by atoms with Crippen molar-refractivity contribution in [2.75, 3.05) is 16.8 Å². The molecule has 2 N–H and O–H groups in total. The molecule has 0 saturated carbocycles. The van der Waals surface area contributed by atoms with Crippen LogP contribution in [0.4, 0.5) is 5.82 Å². The van der Waals surface area contributed by atoms with Crippen molar-refractivity contribution < 1.29 is 13.2 Å². The summed E-state index contributed by atoms with van der Waals surface area (Å²) < 4.78 is 23.0. The number of anilines is 1. The molecule has 2 heterocycles. The molecule has 1 aliphatic rings. The lowest BCUT2D eigenvalue weighted by atomic mass is 10.2. The maximum Gasteiger partial charge on any atom is 0.270 e. The summed E-state index contributed by atoms with van der Waals surface area (Å²) >= 11 is 5.83. The predicted molar refractivity (Wildman–Crippen MR) is 95.3 cm³/mol. The second kappa shape index (κ2) is 7.37. The number of amides is 1. The van der Waals surface area contributed by atoms with E-state index in [9.17, 15) is 13.2 Å². The van der Waals surface area contributed by atoms with Crippen molar-refractivity contribution in [3.8, 4) is 0 Å². The Hall–Kier alpha value is -2.19. The number of nitrogens with one attached hydrogen (secondary N) is 2. The Morgan fingerprint density at radius 2 is 2.00 bits per heavy atom. The number of hydrogen-bond acceptors (Lipinski definition) is 6. The largest absolute Gasteiger partial charge is 0.366 e. The van der Waals surface area contributed by atoms with Gasteiger partial charge in [-0.05, 0) is 24.1 Å². The molecule has 1 aliphatic heterocycles. The van der Waals surface area contributed by atoms with Gasteiger partial charge in [0.15, 0.2) is 9.84 Å². The molecule has 0 spiro atoms. The van der Waals surface area contributed by atoms with Crippen LogP contribution >= 0.6 is 11.6 Å². The quantitative estimate of drug-likeness (QED) is 0.818. The van der Waals surface area contributed by atoms with E-state index in [1.807, 2.05) is 12.1 Å². The lowest BCUT2D eigenvalue weighted by Crippen LogP contribution is -2.25. The van der Waals surface area contributed by atoms with Crippen molar-refractivity contribution >= 4 is 33.2 Å². The van der Waals surface area contributed by atoms with E-state index in [2.05, 4.69) is 20.6 Å². The lowest BCUT2D eigenvalue weighted by molar-refractivity contribution is 0.0945. The first kappa shape index (κ1) is 17.6. The Balaban J connectivity index is 1.60. The molecule has 1 aromatic carbocycles. The Morgan fingerprint density at radius 1 is 1.24 bits per heavy atom. The van der Waals surface area contributed by atoms with Crippen LogP contribution in [0.2, 0.25) is 5.02 Å². The summed E-state index contributed by atoms with van der Waals surface area (Å²) in [6.45, 7) is 0.351. The first-order valence-corrected chi connectivity index (χ1v) is 9.93. The maximum absolute atomic E-state index is 12.2. The first-order chi connectivity index (χ1) is 11.9. The van der Waals surface area contributed by atoms with Crippen LogP contribution in [0.25, 0.3) is 0 Å². The molecule has 132 valence electrons. The summed E-state index contributed by atoms with van der Waals surface area (Å²) in [7, 11) is -2.98. The van der Waals surface area contributed by atoms with E-state index < -0.39 is 9.84 Å². The molecule has 1 amide bonds. The minimum absolute atomic E-state index is 0.0785. The number of halogens is 1. The summed E-state index contributed by atoms with van der Waals surface area (Å²) in [6.07, 6.45) is 1.81. The summed E-state index contributed by atoms with van der Waals surface area (Å²) in [5.41, 5.74) is 1.13. The van der Waals surface area contributed by atoms with Gasteiger partial charge in [0.25, 0.3) is 5.91 Å². The molecular weight excluding hydrogens is 364 g/mol. The molecule has 3 rings (SSSR count). The highest BCUT2D eigenvalue weighted by Gasteiger charge is 2.28. The van der Waals surface area contributed by atoms with Crippen LogP contribution in [0.5, 0.6) is 0 Å². The van der Waals surface area contributed by atoms with Crippen molar-refractivity contribution in [3.05, 3.63) is 52.9 Å². The van der Waals surface area contributed by atoms with Gasteiger partial charge in [-0.2, -0.15) is 0 Å². The molecule has 1 fully saturated rings. The van der Waals surface area contributed by atoms with E-state index in [1.165, 1.54) is 12.4 Å². The smallest absolute Gasteiger partial charge is 0.270 e. The number of carbonyl (C=O) groups is 1. The van der Waals surface area contributed by atoms with Gasteiger partial charge >= 0.3 is 0 Å². The number of sulfone groups is 1. The summed E-state index contributed by atoms with van der Waals surface area (Å²) in [4.78, 5) is 20.2. The molecule has 2 aromatic rings. The molecule has 0 bridgehead atoms. The normalized spacial score (nSPS) is 18.7. The van der Waals surface area contributed by atoms with Gasteiger partial charge in [0.2, 0.25) is 0 Å². The first-order valence-electron chi connectivity index (χ1n) is 7.73. The van der Waals surface area contributed by atoms with E-state index in [0.717, 1.165) is 5.56 Å². The zero-order valence-corrected chi connectivity index (χ0v) is 14.8. The van der Waals surface area contributed by atoms with E-state index in [0.29, 0.717) is 23.8 Å². The van der Waals surface area contributed by atoms with E-state index in [1.54, 1.807) is 12.1 Å². The van der Waals surface area contributed by atoms with Crippen LogP contribution in [0.15, 0.2) is 36.7 Å². The number of aromatic nitrogens is 2. The highest BCUT2D eigenvalue weighted by Crippen LogP contribution is 2.16. The fraction of sp³-hybridized carbons (Fsp3) is 0.312. The molecule has 0 radical (unpaired) electrons. The topological polar surface area (TPSA) is 101 Å². The van der Waals surface area contributed by atoms with E-state index in [-0.39, 0.29) is 29.1 Å². The van der Waals surface area contributed by atoms with Gasteiger partial charge in [0.05, 0.1) is 11.5 Å². The maximum atomic E-state index is 12.2. The van der Waals surface area contributed by atoms with Gasteiger partial charge in [0, 0.05) is 23.7 Å². The third-order valence-electron chi connectivity index (χ3n) is 3.85. The minimum Gasteiger partial charge on any atom is -0.366 e. The Kier molecular flexibility index (Phi) is 5.19. The van der Waals surface area contributed by atoms with Crippen LogP contribution in [-0.4, -0.2) is 41.8 Å². The molecular formula is C16H17ClN4O3S. The van der Waals surface area contributed by atoms with Gasteiger partial charge in [0.1, 0.15) is 17.8 Å². The monoisotopic (exact) mass is 380 g/mol. The fourth-order valence-electron chi connectivity index (χ4n) is 2.55. The van der Waals surface area contributed by atoms with Crippen LogP contribution in [0, 0.1) is 0 Å². The number of hydrogen-bond donors (Lipinski definition) is 2. The molecule has 25 heavy (non-hydrogen) atoms. The van der Waals surface area contributed by atoms with Crippen molar-refractivity contribution in [2.24, 2.45) is 0 Å². The number of nitrogens with zero attached hydrogens (tertiary/aromatic N) is 2. The van der Waals surface area contributed by atoms with Crippen LogP contribution in [-0.2, 0) is 16.4 Å². The standard InChI is InChI=1S/C16H17ClN4O3S/c17-12-3-1-11(2-4-12)8-18-16(22)14-7-15(20-10-19-14)21-13-5-6-25(23,24)9-13/h1-4,7,10,13H,5-6,8-9H2,(H,18,22)(H,19,20,21). The van der Waals surface area contributed by atoms with Gasteiger partial charge in [-0.15, -0.1) is 0 Å². The van der Waals surface area contributed by atoms with Crippen LogP contribution in [0.1, 0.15) is 22.5 Å². The summed E-state index contributed by atoms with van der Waals surface area (Å²) in [6, 6.07) is 8.50. The van der Waals surface area contributed by atoms with Crippen LogP contribution in [0.3, 0.4) is 0 Å². The SMILES string of the molecule is O=C(NCc1ccc(Cl)cc1)c1cc(NC2CCS(=O)(=O)C2)ncn1. The average Bonchev–Trinajstić information content (AvgIpc) is 2.93. The van der Waals surface area contributed by atoms with Crippen LogP contribution < -0.4 is 10.6 Å². The molecule has 1 unspecified atom stereocenters. The van der Waals surface area contributed by atoms with Crippen molar-refractivity contribution in [1.29, 1.82) is 0 Å². The Bertz CT molecular complexity index is 871. The zero-order valence-electron chi connectivity index (χ0n) is 13.3. The molecule has 7 nitrogen and oxygen atoms in total. The van der Waals surface area contributed by atoms with E-state index in [4.69, 9.17) is 11.6 Å². The molecule has 1 aromatic heterocycles. The minimum atomic E-state index is -2.98. The van der Waals surface area contributed by atoms with E-state index >= 15 is 0 Å². The molecule has 9 heteroatoms. The molecule has 1 saturated heterocycles. The summed E-state index contributed by atoms with van der Waals surface area (Å²) in [5, 5.41) is 6.45. The van der Waals surface area contributed by atoms with Gasteiger partial charge in [-0.1, -0.05) is 23.7 Å². The Labute approximate surface area is 150 Å². The predicted octanol–water partition coefficient (Wildman–Crippen LogP) is 1.66. The zero-order chi connectivity index (χ0) is 17.9. The van der Waals surface area contributed by atoms with Gasteiger partial charge in [-0.25, -0.2) is 18.4 Å². The fourth-order valence-corrected chi connectivity index (χ4v) is 4.35. The van der Waals surface area contributed by atoms with Crippen molar-refractivity contribution in [3.63, 3.8) is 0 Å². The second-order valence-electron chi connectivity index (χ2n) is 5.84. The number of carbonyl (C=O) groups excluding carboxylic acids is 1. The third-order valence-corrected chi connectivity index (χ3v) is 5.87. The van der Waals surface area contributed by atoms with Gasteiger partial charge in [-0.3, -0.25) is 4.79 Å². The average molecular weight is 381 g/mol. The number of benzene rings is 1. The highest BCUT2D eigenvalue weighted by molar-refractivity contribution is 7.91. The molecule has 0 aliphatic carbocycles. The third kappa shape index (κ3) is 4.90. The van der Waals surface area contributed by atoms with Crippen molar-refractivity contribution in [2.45, 2.75) is 19.0 Å². The highest BCUT2D eigenvalue weighted by atomic mass is 35.5. The Morgan fingerprint density at radius 3 is 2.68 bits per heavy atom. The summed E-state index contributed by atoms with van der Waals surface area (Å²) in [5.74, 6) is 0.354. The van der Waals surface area contributed by atoms with Gasteiger partial charge < -0.3 is 10.6 Å². The second-order valence-corrected chi connectivity index (χ2v) is 8.51.